The molecule has 0 bridgehead atoms. The zero-order valence-electron chi connectivity index (χ0n) is 12.5. The smallest absolute Gasteiger partial charge is 0.193 e. The lowest BCUT2D eigenvalue weighted by Crippen LogP contribution is -2.40. The van der Waals surface area contributed by atoms with Gasteiger partial charge >= 0.3 is 0 Å². The fourth-order valence-electron chi connectivity index (χ4n) is 3.27. The zero-order chi connectivity index (χ0) is 14.5. The van der Waals surface area contributed by atoms with E-state index in [2.05, 4.69) is 39.8 Å². The number of carbonyl (C=O) groups excluding carboxylic acids is 1. The molecule has 1 nitrogen and oxygen atoms in total. The first-order valence-electron chi connectivity index (χ1n) is 7.11. The van der Waals surface area contributed by atoms with Gasteiger partial charge in [0.15, 0.2) is 5.78 Å². The maximum absolute atomic E-state index is 12.9. The minimum Gasteiger partial charge on any atom is -0.289 e. The maximum Gasteiger partial charge on any atom is 0.193 e. The van der Waals surface area contributed by atoms with E-state index in [-0.39, 0.29) is 16.6 Å². The highest BCUT2D eigenvalue weighted by Crippen LogP contribution is 2.48. The Morgan fingerprint density at radius 3 is 1.40 bits per heavy atom. The predicted octanol–water partition coefficient (Wildman–Crippen LogP) is 4.49. The molecule has 0 aliphatic heterocycles. The van der Waals surface area contributed by atoms with Gasteiger partial charge in [0.1, 0.15) is 0 Å². The first-order valence-corrected chi connectivity index (χ1v) is 7.11. The summed E-state index contributed by atoms with van der Waals surface area (Å²) in [5, 5.41) is 0. The zero-order valence-corrected chi connectivity index (χ0v) is 12.5. The Hall–Kier alpha value is -1.89. The Kier molecular flexibility index (Phi) is 2.66. The Morgan fingerprint density at radius 2 is 1.00 bits per heavy atom. The maximum atomic E-state index is 12.9. The third-order valence-electron chi connectivity index (χ3n) is 5.25. The van der Waals surface area contributed by atoms with Crippen LogP contribution in [0.2, 0.25) is 0 Å². The van der Waals surface area contributed by atoms with Gasteiger partial charge in [-0.1, -0.05) is 76.2 Å². The van der Waals surface area contributed by atoms with Crippen LogP contribution in [0.1, 0.15) is 54.7 Å². The summed E-state index contributed by atoms with van der Waals surface area (Å²) in [6.07, 6.45) is 0. The summed E-state index contributed by atoms with van der Waals surface area (Å²) in [7, 11) is 0. The lowest BCUT2D eigenvalue weighted by Gasteiger charge is -2.42. The van der Waals surface area contributed by atoms with Gasteiger partial charge in [0, 0.05) is 11.1 Å². The van der Waals surface area contributed by atoms with E-state index in [1.807, 2.05) is 36.4 Å². The van der Waals surface area contributed by atoms with E-state index < -0.39 is 0 Å². The van der Waals surface area contributed by atoms with Crippen molar-refractivity contribution in [1.29, 1.82) is 0 Å². The number of hydrogen-bond donors (Lipinski definition) is 0. The van der Waals surface area contributed by atoms with Crippen LogP contribution in [0.25, 0.3) is 0 Å². The lowest BCUT2D eigenvalue weighted by molar-refractivity contribution is 0.103. The minimum atomic E-state index is -0.105. The molecule has 0 atom stereocenters. The highest BCUT2D eigenvalue weighted by atomic mass is 16.1. The highest BCUT2D eigenvalue weighted by molar-refractivity contribution is 6.12. The fourth-order valence-corrected chi connectivity index (χ4v) is 3.27. The third-order valence-corrected chi connectivity index (χ3v) is 5.25. The molecule has 0 fully saturated rings. The number of carbonyl (C=O) groups is 1. The van der Waals surface area contributed by atoms with Gasteiger partial charge in [0.05, 0.1) is 0 Å². The Balaban J connectivity index is 2.44. The van der Waals surface area contributed by atoms with Crippen molar-refractivity contribution in [3.8, 4) is 0 Å². The Bertz CT molecular complexity index is 633. The van der Waals surface area contributed by atoms with Crippen molar-refractivity contribution in [2.45, 2.75) is 38.5 Å². The van der Waals surface area contributed by atoms with Crippen LogP contribution in [-0.4, -0.2) is 5.78 Å². The van der Waals surface area contributed by atoms with Gasteiger partial charge in [0.2, 0.25) is 0 Å². The van der Waals surface area contributed by atoms with Crippen molar-refractivity contribution in [3.63, 3.8) is 0 Å². The molecule has 0 aromatic heterocycles. The Labute approximate surface area is 120 Å². The lowest BCUT2D eigenvalue weighted by atomic mass is 9.61. The molecule has 20 heavy (non-hydrogen) atoms. The molecular formula is C19H20O. The molecule has 1 aliphatic rings. The van der Waals surface area contributed by atoms with E-state index in [0.29, 0.717) is 0 Å². The summed E-state index contributed by atoms with van der Waals surface area (Å²) in [5.74, 6) is 0.148. The van der Waals surface area contributed by atoms with Gasteiger partial charge in [-0.3, -0.25) is 4.79 Å². The molecule has 2 aromatic rings. The predicted molar refractivity (Wildman–Crippen MR) is 82.4 cm³/mol. The molecule has 0 amide bonds. The van der Waals surface area contributed by atoms with Crippen LogP contribution < -0.4 is 0 Å². The number of hydrogen-bond acceptors (Lipinski definition) is 1. The average molecular weight is 264 g/mol. The summed E-state index contributed by atoms with van der Waals surface area (Å²) >= 11 is 0. The number of ketones is 1. The number of benzene rings is 2. The average Bonchev–Trinajstić information content (AvgIpc) is 2.50. The molecular weight excluding hydrogens is 244 g/mol. The first kappa shape index (κ1) is 13.1. The second-order valence-corrected chi connectivity index (χ2v) is 6.67. The van der Waals surface area contributed by atoms with Crippen LogP contribution in [0.3, 0.4) is 0 Å². The van der Waals surface area contributed by atoms with E-state index >= 15 is 0 Å². The molecule has 102 valence electrons. The minimum absolute atomic E-state index is 0.105. The number of rotatable bonds is 0. The fraction of sp³-hybridized carbons (Fsp3) is 0.316. The summed E-state index contributed by atoms with van der Waals surface area (Å²) in [6.45, 7) is 8.95. The van der Waals surface area contributed by atoms with Crippen molar-refractivity contribution in [1.82, 2.24) is 0 Å². The SMILES string of the molecule is CC1(C)c2ccccc2C(=O)c2ccccc2C1(C)C. The van der Waals surface area contributed by atoms with Crippen molar-refractivity contribution in [2.75, 3.05) is 0 Å². The van der Waals surface area contributed by atoms with Gasteiger partial charge in [-0.2, -0.15) is 0 Å². The van der Waals surface area contributed by atoms with Crippen LogP contribution in [0.5, 0.6) is 0 Å². The van der Waals surface area contributed by atoms with Gasteiger partial charge in [-0.15, -0.1) is 0 Å². The van der Waals surface area contributed by atoms with Crippen molar-refractivity contribution in [2.24, 2.45) is 0 Å². The van der Waals surface area contributed by atoms with Gasteiger partial charge in [-0.05, 0) is 22.0 Å². The van der Waals surface area contributed by atoms with Crippen LogP contribution in [0.4, 0.5) is 0 Å². The molecule has 0 saturated heterocycles. The molecule has 2 aromatic carbocycles. The molecule has 0 radical (unpaired) electrons. The van der Waals surface area contributed by atoms with Crippen LogP contribution >= 0.6 is 0 Å². The van der Waals surface area contributed by atoms with Crippen molar-refractivity contribution >= 4 is 5.78 Å². The van der Waals surface area contributed by atoms with E-state index in [9.17, 15) is 4.79 Å². The van der Waals surface area contributed by atoms with Gasteiger partial charge in [0.25, 0.3) is 0 Å². The summed E-state index contributed by atoms with van der Waals surface area (Å²) in [5.41, 5.74) is 3.76. The highest BCUT2D eigenvalue weighted by Gasteiger charge is 2.45. The molecule has 1 heteroatoms. The van der Waals surface area contributed by atoms with Crippen molar-refractivity contribution < 1.29 is 4.79 Å². The largest absolute Gasteiger partial charge is 0.289 e. The first-order chi connectivity index (χ1) is 9.37. The normalized spacial score (nSPS) is 18.9. The van der Waals surface area contributed by atoms with Crippen LogP contribution in [0, 0.1) is 0 Å². The molecule has 0 unspecified atom stereocenters. The molecule has 0 spiro atoms. The van der Waals surface area contributed by atoms with Gasteiger partial charge < -0.3 is 0 Å². The summed E-state index contributed by atoms with van der Waals surface area (Å²) in [4.78, 5) is 12.9. The molecule has 1 aliphatic carbocycles. The second kappa shape index (κ2) is 4.05. The number of fused-ring (bicyclic) bond motifs is 2. The Morgan fingerprint density at radius 1 is 0.650 bits per heavy atom. The van der Waals surface area contributed by atoms with Gasteiger partial charge in [-0.25, -0.2) is 0 Å². The molecule has 0 N–H and O–H groups in total. The van der Waals surface area contributed by atoms with E-state index in [1.54, 1.807) is 0 Å². The van der Waals surface area contributed by atoms with E-state index in [1.165, 1.54) is 0 Å². The van der Waals surface area contributed by atoms with E-state index in [4.69, 9.17) is 0 Å². The standard InChI is InChI=1S/C19H20O/c1-18(2)15-11-7-5-9-13(15)17(20)14-10-6-8-12-16(14)19(18,3)4/h5-12H,1-4H3. The molecule has 3 rings (SSSR count). The third kappa shape index (κ3) is 1.53. The van der Waals surface area contributed by atoms with Crippen molar-refractivity contribution in [3.05, 3.63) is 70.8 Å². The summed E-state index contributed by atoms with van der Waals surface area (Å²) < 4.78 is 0. The molecule has 0 saturated carbocycles. The molecule has 0 heterocycles. The quantitative estimate of drug-likeness (QED) is 0.685. The van der Waals surface area contributed by atoms with E-state index in [0.717, 1.165) is 22.3 Å². The van der Waals surface area contributed by atoms with Crippen LogP contribution in [0.15, 0.2) is 48.5 Å². The second-order valence-electron chi connectivity index (χ2n) is 6.67. The van der Waals surface area contributed by atoms with Crippen LogP contribution in [-0.2, 0) is 10.8 Å². The topological polar surface area (TPSA) is 17.1 Å². The monoisotopic (exact) mass is 264 g/mol. The summed E-state index contributed by atoms with van der Waals surface area (Å²) in [6, 6.07) is 16.1.